The summed E-state index contributed by atoms with van der Waals surface area (Å²) in [5, 5.41) is 9.13. The van der Waals surface area contributed by atoms with Gasteiger partial charge in [0.05, 0.1) is 0 Å². The zero-order valence-corrected chi connectivity index (χ0v) is 12.4. The Morgan fingerprint density at radius 2 is 1.82 bits per heavy atom. The first-order chi connectivity index (χ1) is 10.7. The molecule has 0 bridgehead atoms. The lowest BCUT2D eigenvalue weighted by atomic mass is 10.0. The van der Waals surface area contributed by atoms with Crippen LogP contribution in [0.4, 0.5) is 0 Å². The standard InChI is InChI=1S/C18H19NO3/c20-18(21)16-7-3-4-8-17(16)22-12-11-19-10-9-14-5-1-2-6-15(14)13-19/h1-8H,9-13H2,(H,20,21). The number of carboxylic acids is 1. The van der Waals surface area contributed by atoms with Crippen LogP contribution in [0.2, 0.25) is 0 Å². The topological polar surface area (TPSA) is 49.8 Å². The minimum Gasteiger partial charge on any atom is -0.491 e. The van der Waals surface area contributed by atoms with Gasteiger partial charge in [-0.05, 0) is 29.7 Å². The Labute approximate surface area is 130 Å². The highest BCUT2D eigenvalue weighted by Crippen LogP contribution is 2.20. The number of hydrogen-bond donors (Lipinski definition) is 1. The van der Waals surface area contributed by atoms with Crippen molar-refractivity contribution in [2.75, 3.05) is 19.7 Å². The molecule has 0 unspecified atom stereocenters. The second-order valence-corrected chi connectivity index (χ2v) is 5.44. The van der Waals surface area contributed by atoms with Gasteiger partial charge >= 0.3 is 5.97 Å². The molecule has 0 atom stereocenters. The molecule has 4 heteroatoms. The number of benzene rings is 2. The fraction of sp³-hybridized carbons (Fsp3) is 0.278. The molecule has 0 aliphatic carbocycles. The molecule has 2 aromatic carbocycles. The van der Waals surface area contributed by atoms with E-state index in [1.165, 1.54) is 11.1 Å². The molecule has 1 aliphatic heterocycles. The summed E-state index contributed by atoms with van der Waals surface area (Å²) in [5.41, 5.74) is 3.02. The van der Waals surface area contributed by atoms with Crippen molar-refractivity contribution in [2.45, 2.75) is 13.0 Å². The van der Waals surface area contributed by atoms with Gasteiger partial charge in [-0.25, -0.2) is 4.79 Å². The van der Waals surface area contributed by atoms with Crippen LogP contribution in [0.1, 0.15) is 21.5 Å². The van der Waals surface area contributed by atoms with Gasteiger partial charge in [0.2, 0.25) is 0 Å². The molecule has 1 aliphatic rings. The number of carboxylic acid groups (broad SMARTS) is 1. The lowest BCUT2D eigenvalue weighted by Gasteiger charge is -2.28. The van der Waals surface area contributed by atoms with Gasteiger partial charge in [0.1, 0.15) is 17.9 Å². The molecular weight excluding hydrogens is 278 g/mol. The van der Waals surface area contributed by atoms with E-state index in [1.54, 1.807) is 24.3 Å². The second kappa shape index (κ2) is 6.62. The van der Waals surface area contributed by atoms with Crippen LogP contribution in [0.25, 0.3) is 0 Å². The van der Waals surface area contributed by atoms with Crippen LogP contribution in [0.3, 0.4) is 0 Å². The largest absolute Gasteiger partial charge is 0.491 e. The predicted octanol–water partition coefficient (Wildman–Crippen LogP) is 2.82. The van der Waals surface area contributed by atoms with Crippen LogP contribution in [0.5, 0.6) is 5.75 Å². The molecule has 0 saturated carbocycles. The minimum absolute atomic E-state index is 0.214. The molecule has 4 nitrogen and oxygen atoms in total. The number of nitrogens with zero attached hydrogens (tertiary/aromatic N) is 1. The average molecular weight is 297 g/mol. The van der Waals surface area contributed by atoms with Gasteiger partial charge in [0, 0.05) is 19.6 Å². The summed E-state index contributed by atoms with van der Waals surface area (Å²) in [5.74, 6) is -0.519. The van der Waals surface area contributed by atoms with Gasteiger partial charge < -0.3 is 9.84 Å². The van der Waals surface area contributed by atoms with E-state index in [0.717, 1.165) is 26.1 Å². The van der Waals surface area contributed by atoms with Crippen molar-refractivity contribution in [2.24, 2.45) is 0 Å². The third kappa shape index (κ3) is 3.28. The first-order valence-corrected chi connectivity index (χ1v) is 7.48. The molecule has 114 valence electrons. The summed E-state index contributed by atoms with van der Waals surface area (Å²) in [6.45, 7) is 3.23. The summed E-state index contributed by atoms with van der Waals surface area (Å²) >= 11 is 0. The fourth-order valence-electron chi connectivity index (χ4n) is 2.80. The monoisotopic (exact) mass is 297 g/mol. The van der Waals surface area contributed by atoms with Gasteiger partial charge in [-0.1, -0.05) is 36.4 Å². The quantitative estimate of drug-likeness (QED) is 0.922. The number of hydrogen-bond acceptors (Lipinski definition) is 3. The molecule has 0 amide bonds. The molecule has 0 aromatic heterocycles. The minimum atomic E-state index is -0.956. The third-order valence-electron chi connectivity index (χ3n) is 3.99. The maximum absolute atomic E-state index is 11.1. The first-order valence-electron chi connectivity index (χ1n) is 7.48. The van der Waals surface area contributed by atoms with Gasteiger partial charge in [-0.3, -0.25) is 4.90 Å². The van der Waals surface area contributed by atoms with Crippen LogP contribution in [-0.2, 0) is 13.0 Å². The predicted molar refractivity (Wildman–Crippen MR) is 84.3 cm³/mol. The molecule has 1 N–H and O–H groups in total. The maximum atomic E-state index is 11.1. The number of para-hydroxylation sites is 1. The lowest BCUT2D eigenvalue weighted by molar-refractivity contribution is 0.0691. The fourth-order valence-corrected chi connectivity index (χ4v) is 2.80. The first kappa shape index (κ1) is 14.6. The maximum Gasteiger partial charge on any atom is 0.339 e. The van der Waals surface area contributed by atoms with Crippen molar-refractivity contribution in [3.8, 4) is 5.75 Å². The van der Waals surface area contributed by atoms with Crippen molar-refractivity contribution in [1.29, 1.82) is 0 Å². The van der Waals surface area contributed by atoms with Gasteiger partial charge in [-0.15, -0.1) is 0 Å². The Morgan fingerprint density at radius 1 is 1.09 bits per heavy atom. The van der Waals surface area contributed by atoms with Crippen LogP contribution < -0.4 is 4.74 Å². The Morgan fingerprint density at radius 3 is 2.64 bits per heavy atom. The SMILES string of the molecule is O=C(O)c1ccccc1OCCN1CCc2ccccc2C1. The number of carbonyl (C=O) groups is 1. The summed E-state index contributed by atoms with van der Waals surface area (Å²) in [4.78, 5) is 13.5. The highest BCUT2D eigenvalue weighted by molar-refractivity contribution is 5.90. The number of rotatable bonds is 5. The molecule has 1 heterocycles. The molecule has 0 fully saturated rings. The van der Waals surface area contributed by atoms with E-state index in [-0.39, 0.29) is 5.56 Å². The van der Waals surface area contributed by atoms with Crippen molar-refractivity contribution >= 4 is 5.97 Å². The smallest absolute Gasteiger partial charge is 0.339 e. The molecule has 2 aromatic rings. The van der Waals surface area contributed by atoms with Gasteiger partial charge in [0.25, 0.3) is 0 Å². The van der Waals surface area contributed by atoms with Crippen molar-refractivity contribution in [1.82, 2.24) is 4.90 Å². The highest BCUT2D eigenvalue weighted by atomic mass is 16.5. The Balaban J connectivity index is 1.55. The van der Waals surface area contributed by atoms with E-state index >= 15 is 0 Å². The van der Waals surface area contributed by atoms with E-state index in [0.29, 0.717) is 12.4 Å². The van der Waals surface area contributed by atoms with E-state index in [1.807, 2.05) is 0 Å². The highest BCUT2D eigenvalue weighted by Gasteiger charge is 2.16. The zero-order valence-electron chi connectivity index (χ0n) is 12.4. The van der Waals surface area contributed by atoms with Gasteiger partial charge in [0.15, 0.2) is 0 Å². The number of aromatic carboxylic acids is 1. The van der Waals surface area contributed by atoms with Crippen LogP contribution in [0, 0.1) is 0 Å². The van der Waals surface area contributed by atoms with Crippen LogP contribution >= 0.6 is 0 Å². The van der Waals surface area contributed by atoms with E-state index in [2.05, 4.69) is 29.2 Å². The Hall–Kier alpha value is -2.33. The summed E-state index contributed by atoms with van der Waals surface area (Å²) in [6.07, 6.45) is 1.06. The Kier molecular flexibility index (Phi) is 4.39. The summed E-state index contributed by atoms with van der Waals surface area (Å²) in [6, 6.07) is 15.3. The molecule has 0 spiro atoms. The van der Waals surface area contributed by atoms with E-state index in [9.17, 15) is 4.79 Å². The van der Waals surface area contributed by atoms with Crippen LogP contribution in [0.15, 0.2) is 48.5 Å². The molecule has 3 rings (SSSR count). The van der Waals surface area contributed by atoms with Gasteiger partial charge in [-0.2, -0.15) is 0 Å². The molecule has 0 radical (unpaired) electrons. The summed E-state index contributed by atoms with van der Waals surface area (Å²) in [7, 11) is 0. The zero-order chi connectivity index (χ0) is 15.4. The molecular formula is C18H19NO3. The summed E-state index contributed by atoms with van der Waals surface area (Å²) < 4.78 is 5.67. The number of fused-ring (bicyclic) bond motifs is 1. The van der Waals surface area contributed by atoms with Crippen molar-refractivity contribution in [3.05, 3.63) is 65.2 Å². The van der Waals surface area contributed by atoms with E-state index in [4.69, 9.17) is 9.84 Å². The normalized spacial score (nSPS) is 14.4. The second-order valence-electron chi connectivity index (χ2n) is 5.44. The van der Waals surface area contributed by atoms with Crippen molar-refractivity contribution in [3.63, 3.8) is 0 Å². The van der Waals surface area contributed by atoms with E-state index < -0.39 is 5.97 Å². The number of ether oxygens (including phenoxy) is 1. The Bertz CT molecular complexity index is 669. The van der Waals surface area contributed by atoms with Crippen molar-refractivity contribution < 1.29 is 14.6 Å². The molecule has 0 saturated heterocycles. The average Bonchev–Trinajstić information content (AvgIpc) is 2.55. The molecule has 22 heavy (non-hydrogen) atoms. The van der Waals surface area contributed by atoms with Crippen LogP contribution in [-0.4, -0.2) is 35.7 Å². The lowest BCUT2D eigenvalue weighted by Crippen LogP contribution is -2.33. The third-order valence-corrected chi connectivity index (χ3v) is 3.99.